The molecule has 3 aromatic heterocycles. The van der Waals surface area contributed by atoms with Gasteiger partial charge in [0.1, 0.15) is 16.6 Å². The second kappa shape index (κ2) is 8.36. The second-order valence-electron chi connectivity index (χ2n) is 6.50. The molecule has 4 aromatic rings. The van der Waals surface area contributed by atoms with Crippen LogP contribution in [0.25, 0.3) is 22.2 Å². The number of thioether (sulfide) groups is 1. The van der Waals surface area contributed by atoms with Gasteiger partial charge >= 0.3 is 0 Å². The Morgan fingerprint density at radius 3 is 2.79 bits per heavy atom. The summed E-state index contributed by atoms with van der Waals surface area (Å²) >= 11 is 1.66. The standard InChI is InChI=1S/C22H20N4O2S/c1-14(27)25-21-10-17-18(11-23-20(17)12-24-21)19-8-16(28-2)9-22(26-19)29-13-15-6-4-3-5-7-15/h3-12,23H,13H2,1-2H3,(H,24,25,27). The molecule has 0 saturated carbocycles. The molecular formula is C22H20N4O2S. The average molecular weight is 404 g/mol. The lowest BCUT2D eigenvalue weighted by Gasteiger charge is -2.08. The number of fused-ring (bicyclic) bond motifs is 1. The van der Waals surface area contributed by atoms with Gasteiger partial charge in [-0.15, -0.1) is 11.8 Å². The van der Waals surface area contributed by atoms with E-state index >= 15 is 0 Å². The molecule has 0 aliphatic carbocycles. The van der Waals surface area contributed by atoms with Gasteiger partial charge in [0.2, 0.25) is 5.91 Å². The molecule has 1 amide bonds. The summed E-state index contributed by atoms with van der Waals surface area (Å²) in [5, 5.41) is 4.54. The van der Waals surface area contributed by atoms with Crippen LogP contribution in [-0.2, 0) is 10.5 Å². The summed E-state index contributed by atoms with van der Waals surface area (Å²) in [5.41, 5.74) is 3.83. The first-order valence-corrected chi connectivity index (χ1v) is 10.1. The van der Waals surface area contributed by atoms with Crippen LogP contribution in [0.5, 0.6) is 5.75 Å². The Morgan fingerprint density at radius 2 is 2.03 bits per heavy atom. The Bertz CT molecular complexity index is 1160. The number of carbonyl (C=O) groups excluding carboxylic acids is 1. The first kappa shape index (κ1) is 19.0. The topological polar surface area (TPSA) is 79.9 Å². The van der Waals surface area contributed by atoms with E-state index in [1.807, 2.05) is 42.6 Å². The molecule has 4 rings (SSSR count). The van der Waals surface area contributed by atoms with Gasteiger partial charge in [-0.2, -0.15) is 0 Å². The maximum atomic E-state index is 11.4. The maximum Gasteiger partial charge on any atom is 0.222 e. The summed E-state index contributed by atoms with van der Waals surface area (Å²) in [6.07, 6.45) is 3.60. The van der Waals surface area contributed by atoms with Crippen molar-refractivity contribution in [3.8, 4) is 17.0 Å². The summed E-state index contributed by atoms with van der Waals surface area (Å²) in [6, 6.07) is 16.0. The molecule has 0 unspecified atom stereocenters. The number of aromatic nitrogens is 3. The maximum absolute atomic E-state index is 11.4. The molecular weight excluding hydrogens is 384 g/mol. The molecule has 0 aliphatic heterocycles. The Balaban J connectivity index is 1.69. The van der Waals surface area contributed by atoms with Crippen molar-refractivity contribution in [1.82, 2.24) is 15.0 Å². The van der Waals surface area contributed by atoms with Crippen molar-refractivity contribution in [2.45, 2.75) is 17.7 Å². The van der Waals surface area contributed by atoms with Gasteiger partial charge in [0.05, 0.1) is 24.5 Å². The SMILES string of the molecule is COc1cc(SCc2ccccc2)nc(-c2c[nH]c3cnc(NC(C)=O)cc23)c1. The van der Waals surface area contributed by atoms with Crippen LogP contribution in [0, 0.1) is 0 Å². The Labute approximate surface area is 172 Å². The molecule has 6 nitrogen and oxygen atoms in total. The number of anilines is 1. The van der Waals surface area contributed by atoms with Crippen molar-refractivity contribution < 1.29 is 9.53 Å². The molecule has 146 valence electrons. The molecule has 7 heteroatoms. The fraction of sp³-hybridized carbons (Fsp3) is 0.136. The molecule has 0 bridgehead atoms. The minimum Gasteiger partial charge on any atom is -0.497 e. The number of amides is 1. The van der Waals surface area contributed by atoms with E-state index in [0.717, 1.165) is 38.7 Å². The van der Waals surface area contributed by atoms with Gasteiger partial charge in [0, 0.05) is 42.0 Å². The number of hydrogen-bond donors (Lipinski definition) is 2. The highest BCUT2D eigenvalue weighted by atomic mass is 32.2. The highest BCUT2D eigenvalue weighted by Crippen LogP contribution is 2.33. The number of pyridine rings is 2. The number of hydrogen-bond acceptors (Lipinski definition) is 5. The fourth-order valence-corrected chi connectivity index (χ4v) is 3.89. The van der Waals surface area contributed by atoms with Gasteiger partial charge < -0.3 is 15.0 Å². The smallest absolute Gasteiger partial charge is 0.222 e. The van der Waals surface area contributed by atoms with Crippen molar-refractivity contribution in [3.63, 3.8) is 0 Å². The van der Waals surface area contributed by atoms with Crippen LogP contribution in [0.2, 0.25) is 0 Å². The van der Waals surface area contributed by atoms with Crippen LogP contribution < -0.4 is 10.1 Å². The lowest BCUT2D eigenvalue weighted by atomic mass is 10.1. The molecule has 1 aromatic carbocycles. The second-order valence-corrected chi connectivity index (χ2v) is 7.50. The molecule has 0 atom stereocenters. The van der Waals surface area contributed by atoms with Crippen LogP contribution in [0.4, 0.5) is 5.82 Å². The predicted molar refractivity (Wildman–Crippen MR) is 116 cm³/mol. The summed E-state index contributed by atoms with van der Waals surface area (Å²) in [4.78, 5) is 23.7. The van der Waals surface area contributed by atoms with Gasteiger partial charge in [0.15, 0.2) is 0 Å². The Morgan fingerprint density at radius 1 is 1.21 bits per heavy atom. The number of methoxy groups -OCH3 is 1. The zero-order chi connectivity index (χ0) is 20.2. The van der Waals surface area contributed by atoms with E-state index in [4.69, 9.17) is 9.72 Å². The van der Waals surface area contributed by atoms with Gasteiger partial charge in [-0.3, -0.25) is 4.79 Å². The Kier molecular flexibility index (Phi) is 5.48. The van der Waals surface area contributed by atoms with Crippen LogP contribution in [0.15, 0.2) is 66.0 Å². The summed E-state index contributed by atoms with van der Waals surface area (Å²) in [6.45, 7) is 1.46. The molecule has 29 heavy (non-hydrogen) atoms. The minimum absolute atomic E-state index is 0.159. The van der Waals surface area contributed by atoms with Crippen LogP contribution in [-0.4, -0.2) is 28.0 Å². The van der Waals surface area contributed by atoms with Crippen molar-refractivity contribution in [2.75, 3.05) is 12.4 Å². The zero-order valence-corrected chi connectivity index (χ0v) is 16.9. The molecule has 0 saturated heterocycles. The number of nitrogens with one attached hydrogen (secondary N) is 2. The van der Waals surface area contributed by atoms with Crippen LogP contribution >= 0.6 is 11.8 Å². The molecule has 3 heterocycles. The predicted octanol–water partition coefficient (Wildman–Crippen LogP) is 4.88. The van der Waals surface area contributed by atoms with E-state index in [2.05, 4.69) is 27.4 Å². The average Bonchev–Trinajstić information content (AvgIpc) is 3.15. The molecule has 0 aliphatic rings. The number of benzene rings is 1. The van der Waals surface area contributed by atoms with Crippen molar-refractivity contribution in [1.29, 1.82) is 0 Å². The van der Waals surface area contributed by atoms with Crippen molar-refractivity contribution >= 4 is 34.4 Å². The molecule has 0 radical (unpaired) electrons. The number of aromatic amines is 1. The minimum atomic E-state index is -0.159. The largest absolute Gasteiger partial charge is 0.497 e. The third-order valence-corrected chi connectivity index (χ3v) is 5.37. The van der Waals surface area contributed by atoms with Crippen LogP contribution in [0.1, 0.15) is 12.5 Å². The normalized spacial score (nSPS) is 10.8. The fourth-order valence-electron chi connectivity index (χ4n) is 3.02. The quantitative estimate of drug-likeness (QED) is 0.448. The van der Waals surface area contributed by atoms with E-state index in [0.29, 0.717) is 5.82 Å². The number of ether oxygens (including phenoxy) is 1. The lowest BCUT2D eigenvalue weighted by molar-refractivity contribution is -0.114. The Hall–Kier alpha value is -3.32. The first-order chi connectivity index (χ1) is 14.1. The molecule has 0 fully saturated rings. The van der Waals surface area contributed by atoms with Crippen molar-refractivity contribution in [3.05, 3.63) is 66.5 Å². The third-order valence-electron chi connectivity index (χ3n) is 4.39. The highest BCUT2D eigenvalue weighted by Gasteiger charge is 2.12. The van der Waals surface area contributed by atoms with E-state index < -0.39 is 0 Å². The monoisotopic (exact) mass is 404 g/mol. The number of H-pyrrole nitrogens is 1. The number of nitrogens with zero attached hydrogens (tertiary/aromatic N) is 2. The van der Waals surface area contributed by atoms with Gasteiger partial charge in [-0.25, -0.2) is 9.97 Å². The van der Waals surface area contributed by atoms with E-state index in [-0.39, 0.29) is 5.91 Å². The number of rotatable bonds is 6. The van der Waals surface area contributed by atoms with E-state index in [1.165, 1.54) is 12.5 Å². The van der Waals surface area contributed by atoms with Gasteiger partial charge in [-0.1, -0.05) is 30.3 Å². The van der Waals surface area contributed by atoms with Gasteiger partial charge in [0.25, 0.3) is 0 Å². The summed E-state index contributed by atoms with van der Waals surface area (Å²) < 4.78 is 5.50. The summed E-state index contributed by atoms with van der Waals surface area (Å²) in [7, 11) is 1.65. The molecule has 0 spiro atoms. The first-order valence-electron chi connectivity index (χ1n) is 9.10. The summed E-state index contributed by atoms with van der Waals surface area (Å²) in [5.74, 6) is 1.92. The lowest BCUT2D eigenvalue weighted by Crippen LogP contribution is -2.06. The third kappa shape index (κ3) is 4.41. The highest BCUT2D eigenvalue weighted by molar-refractivity contribution is 7.98. The zero-order valence-electron chi connectivity index (χ0n) is 16.1. The number of carbonyl (C=O) groups is 1. The van der Waals surface area contributed by atoms with E-state index in [9.17, 15) is 4.79 Å². The van der Waals surface area contributed by atoms with Gasteiger partial charge in [-0.05, 0) is 11.6 Å². The van der Waals surface area contributed by atoms with Crippen molar-refractivity contribution in [2.24, 2.45) is 0 Å². The van der Waals surface area contributed by atoms with Crippen LogP contribution in [0.3, 0.4) is 0 Å². The molecule has 2 N–H and O–H groups in total. The van der Waals surface area contributed by atoms with E-state index in [1.54, 1.807) is 25.1 Å².